The summed E-state index contributed by atoms with van der Waals surface area (Å²) in [7, 11) is 2.24. The van der Waals surface area contributed by atoms with Crippen LogP contribution in [0.3, 0.4) is 0 Å². The van der Waals surface area contributed by atoms with E-state index in [1.807, 2.05) is 0 Å². The second-order valence-corrected chi connectivity index (χ2v) is 7.05. The van der Waals surface area contributed by atoms with Gasteiger partial charge in [0.1, 0.15) is 0 Å². The molecule has 2 aromatic rings. The maximum atomic E-state index is 3.54. The van der Waals surface area contributed by atoms with Crippen LogP contribution in [-0.2, 0) is 0 Å². The van der Waals surface area contributed by atoms with Gasteiger partial charge in [0.25, 0.3) is 0 Å². The molecule has 2 unspecified atom stereocenters. The number of nitrogens with zero attached hydrogens (tertiary/aromatic N) is 2. The van der Waals surface area contributed by atoms with E-state index in [0.29, 0.717) is 12.0 Å². The van der Waals surface area contributed by atoms with E-state index < -0.39 is 0 Å². The molecule has 0 bridgehead atoms. The molecule has 108 valence electrons. The number of anilines is 2. The zero-order chi connectivity index (χ0) is 14.4. The van der Waals surface area contributed by atoms with Crippen molar-refractivity contribution in [3.8, 4) is 0 Å². The van der Waals surface area contributed by atoms with Crippen molar-refractivity contribution in [2.45, 2.75) is 18.4 Å². The molecule has 2 aliphatic heterocycles. The Labute approximate surface area is 134 Å². The van der Waals surface area contributed by atoms with E-state index in [2.05, 4.69) is 81.3 Å². The molecule has 2 aliphatic rings. The Hall–Kier alpha value is -1.32. The lowest BCUT2D eigenvalue weighted by molar-refractivity contribution is 0.236. The van der Waals surface area contributed by atoms with Gasteiger partial charge in [-0.25, -0.2) is 0 Å². The number of rotatable bonds is 1. The lowest BCUT2D eigenvalue weighted by atomic mass is 9.89. The summed E-state index contributed by atoms with van der Waals surface area (Å²) in [5, 5.41) is 0. The van der Waals surface area contributed by atoms with Crippen molar-refractivity contribution in [3.05, 3.63) is 58.6 Å². The number of hydrogen-bond donors (Lipinski definition) is 0. The van der Waals surface area contributed by atoms with Crippen LogP contribution in [0.25, 0.3) is 0 Å². The second-order valence-electron chi connectivity index (χ2n) is 6.13. The number of likely N-dealkylation sites (tertiary alicyclic amines) is 1. The molecule has 3 heteroatoms. The van der Waals surface area contributed by atoms with Gasteiger partial charge < -0.3 is 9.80 Å². The second kappa shape index (κ2) is 5.15. The average Bonchev–Trinajstić information content (AvgIpc) is 2.82. The lowest BCUT2D eigenvalue weighted by Gasteiger charge is -2.37. The molecule has 0 aliphatic carbocycles. The Bertz CT molecular complexity index is 653. The van der Waals surface area contributed by atoms with Crippen LogP contribution >= 0.6 is 15.9 Å². The van der Waals surface area contributed by atoms with E-state index in [1.54, 1.807) is 0 Å². The van der Waals surface area contributed by atoms with Crippen molar-refractivity contribution in [2.75, 3.05) is 25.0 Å². The Kier molecular flexibility index (Phi) is 3.27. The van der Waals surface area contributed by atoms with E-state index in [1.165, 1.54) is 29.9 Å². The first kappa shape index (κ1) is 13.4. The normalized spacial score (nSPS) is 24.8. The molecule has 1 fully saturated rings. The maximum Gasteiger partial charge on any atom is 0.0450 e. The zero-order valence-electron chi connectivity index (χ0n) is 12.2. The number of benzene rings is 2. The highest BCUT2D eigenvalue weighted by Crippen LogP contribution is 2.48. The molecule has 0 N–H and O–H groups in total. The van der Waals surface area contributed by atoms with Gasteiger partial charge in [-0.15, -0.1) is 0 Å². The first-order valence-corrected chi connectivity index (χ1v) is 8.35. The first-order chi connectivity index (χ1) is 10.2. The molecule has 0 radical (unpaired) electrons. The van der Waals surface area contributed by atoms with Crippen molar-refractivity contribution < 1.29 is 0 Å². The van der Waals surface area contributed by atoms with Crippen LogP contribution in [0, 0.1) is 0 Å². The predicted octanol–water partition coefficient (Wildman–Crippen LogP) is 4.39. The number of para-hydroxylation sites is 1. The summed E-state index contributed by atoms with van der Waals surface area (Å²) < 4.78 is 1.14. The summed E-state index contributed by atoms with van der Waals surface area (Å²) in [6.45, 7) is 2.34. The summed E-state index contributed by atoms with van der Waals surface area (Å²) >= 11 is 3.54. The Morgan fingerprint density at radius 3 is 2.62 bits per heavy atom. The molecule has 4 rings (SSSR count). The average molecular weight is 343 g/mol. The quantitative estimate of drug-likeness (QED) is 0.758. The van der Waals surface area contributed by atoms with Crippen molar-refractivity contribution in [1.29, 1.82) is 0 Å². The van der Waals surface area contributed by atoms with Crippen LogP contribution in [0.4, 0.5) is 11.4 Å². The van der Waals surface area contributed by atoms with Gasteiger partial charge in [0, 0.05) is 34.4 Å². The molecule has 21 heavy (non-hydrogen) atoms. The number of piperidine rings is 1. The summed E-state index contributed by atoms with van der Waals surface area (Å²) in [5.74, 6) is 0.628. The molecule has 0 amide bonds. The van der Waals surface area contributed by atoms with Gasteiger partial charge in [-0.1, -0.05) is 34.1 Å². The van der Waals surface area contributed by atoms with Gasteiger partial charge in [0.15, 0.2) is 0 Å². The fourth-order valence-corrected chi connectivity index (χ4v) is 4.11. The van der Waals surface area contributed by atoms with Crippen LogP contribution in [0.15, 0.2) is 53.0 Å². The number of hydrogen-bond acceptors (Lipinski definition) is 2. The van der Waals surface area contributed by atoms with Crippen molar-refractivity contribution in [1.82, 2.24) is 4.90 Å². The van der Waals surface area contributed by atoms with Crippen molar-refractivity contribution >= 4 is 27.3 Å². The fraction of sp³-hybridized carbons (Fsp3) is 0.333. The monoisotopic (exact) mass is 342 g/mol. The molecule has 2 nitrogen and oxygen atoms in total. The molecule has 0 aromatic heterocycles. The third-order valence-corrected chi connectivity index (χ3v) is 5.34. The van der Waals surface area contributed by atoms with Gasteiger partial charge in [-0.2, -0.15) is 0 Å². The topological polar surface area (TPSA) is 6.48 Å². The van der Waals surface area contributed by atoms with Gasteiger partial charge in [-0.05, 0) is 55.9 Å². The number of likely N-dealkylation sites (N-methyl/N-ethyl adjacent to an activating group) is 1. The summed E-state index contributed by atoms with van der Waals surface area (Å²) in [6, 6.07) is 18.2. The van der Waals surface area contributed by atoms with E-state index in [0.717, 1.165) is 11.0 Å². The maximum absolute atomic E-state index is 3.54. The largest absolute Gasteiger partial charge is 0.337 e. The third kappa shape index (κ3) is 2.19. The molecule has 0 saturated carbocycles. The van der Waals surface area contributed by atoms with E-state index in [-0.39, 0.29) is 0 Å². The van der Waals surface area contributed by atoms with Gasteiger partial charge in [0.05, 0.1) is 0 Å². The van der Waals surface area contributed by atoms with Crippen LogP contribution in [0.5, 0.6) is 0 Å². The van der Waals surface area contributed by atoms with Crippen molar-refractivity contribution in [3.63, 3.8) is 0 Å². The molecular formula is C18H19BrN2. The predicted molar refractivity (Wildman–Crippen MR) is 91.4 cm³/mol. The van der Waals surface area contributed by atoms with Crippen molar-refractivity contribution in [2.24, 2.45) is 0 Å². The Balaban J connectivity index is 1.81. The van der Waals surface area contributed by atoms with Crippen LogP contribution in [-0.4, -0.2) is 31.1 Å². The van der Waals surface area contributed by atoms with Gasteiger partial charge in [0.2, 0.25) is 0 Å². The van der Waals surface area contributed by atoms with Crippen LogP contribution < -0.4 is 4.90 Å². The summed E-state index contributed by atoms with van der Waals surface area (Å²) in [5.41, 5.74) is 4.21. The van der Waals surface area contributed by atoms with Gasteiger partial charge >= 0.3 is 0 Å². The molecule has 0 spiro atoms. The Morgan fingerprint density at radius 1 is 1.05 bits per heavy atom. The minimum absolute atomic E-state index is 0.597. The highest BCUT2D eigenvalue weighted by molar-refractivity contribution is 9.10. The lowest BCUT2D eigenvalue weighted by Crippen LogP contribution is -2.43. The summed E-state index contributed by atoms with van der Waals surface area (Å²) in [4.78, 5) is 5.02. The van der Waals surface area contributed by atoms with Gasteiger partial charge in [-0.3, -0.25) is 0 Å². The third-order valence-electron chi connectivity index (χ3n) is 4.81. The highest BCUT2D eigenvalue weighted by Gasteiger charge is 2.41. The minimum Gasteiger partial charge on any atom is -0.337 e. The fourth-order valence-electron chi connectivity index (χ4n) is 3.85. The smallest absolute Gasteiger partial charge is 0.0450 e. The molecular weight excluding hydrogens is 324 g/mol. The van der Waals surface area contributed by atoms with E-state index in [9.17, 15) is 0 Å². The standard InChI is InChI=1S/C18H19BrN2/c1-20-11-10-18-16(12-20)15-4-2-3-5-17(15)21(18)14-8-6-13(19)7-9-14/h2-9,16,18H,10-12H2,1H3. The minimum atomic E-state index is 0.597. The first-order valence-electron chi connectivity index (χ1n) is 7.56. The van der Waals surface area contributed by atoms with Crippen LogP contribution in [0.2, 0.25) is 0 Å². The molecule has 1 saturated heterocycles. The zero-order valence-corrected chi connectivity index (χ0v) is 13.8. The molecule has 2 aromatic carbocycles. The SMILES string of the molecule is CN1CCC2C(C1)c1ccccc1N2c1ccc(Br)cc1. The highest BCUT2D eigenvalue weighted by atomic mass is 79.9. The summed E-state index contributed by atoms with van der Waals surface area (Å²) in [6.07, 6.45) is 1.23. The van der Waals surface area contributed by atoms with E-state index in [4.69, 9.17) is 0 Å². The Morgan fingerprint density at radius 2 is 1.81 bits per heavy atom. The molecule has 2 atom stereocenters. The number of fused-ring (bicyclic) bond motifs is 3. The van der Waals surface area contributed by atoms with E-state index >= 15 is 0 Å². The van der Waals surface area contributed by atoms with Crippen LogP contribution in [0.1, 0.15) is 17.9 Å². The number of halogens is 1. The molecule has 2 heterocycles.